The van der Waals surface area contributed by atoms with Crippen molar-refractivity contribution >= 4 is 21.6 Å². The van der Waals surface area contributed by atoms with Crippen molar-refractivity contribution in [3.05, 3.63) is 65.4 Å². The molecule has 0 atom stereocenters. The molecular weight excluding hydrogens is 406 g/mol. The van der Waals surface area contributed by atoms with Gasteiger partial charge in [0.05, 0.1) is 30.0 Å². The van der Waals surface area contributed by atoms with Gasteiger partial charge in [0.25, 0.3) is 5.91 Å². The number of fused-ring (bicyclic) bond motifs is 1. The number of amides is 1. The average Bonchev–Trinajstić information content (AvgIpc) is 3.19. The summed E-state index contributed by atoms with van der Waals surface area (Å²) in [5.74, 6) is 0.591. The molecule has 0 aliphatic carbocycles. The van der Waals surface area contributed by atoms with E-state index < -0.39 is 15.7 Å². The molecule has 1 amide bonds. The van der Waals surface area contributed by atoms with Crippen molar-refractivity contribution < 1.29 is 22.7 Å². The Bertz CT molecular complexity index is 1220. The lowest BCUT2D eigenvalue weighted by Gasteiger charge is -2.14. The number of benzene rings is 2. The van der Waals surface area contributed by atoms with Gasteiger partial charge in [0, 0.05) is 5.56 Å². The number of nitrogens with zero attached hydrogens (tertiary/aromatic N) is 2. The van der Waals surface area contributed by atoms with Gasteiger partial charge in [-0.1, -0.05) is 30.3 Å². The van der Waals surface area contributed by atoms with Crippen LogP contribution in [0.2, 0.25) is 0 Å². The first kappa shape index (κ1) is 20.0. The fourth-order valence-electron chi connectivity index (χ4n) is 3.40. The van der Waals surface area contributed by atoms with Crippen molar-refractivity contribution in [3.8, 4) is 17.2 Å². The van der Waals surface area contributed by atoms with Crippen LogP contribution in [0.3, 0.4) is 0 Å². The van der Waals surface area contributed by atoms with Crippen LogP contribution in [0.25, 0.3) is 5.69 Å². The van der Waals surface area contributed by atoms with Gasteiger partial charge in [-0.25, -0.2) is 13.1 Å². The minimum Gasteiger partial charge on any atom is -0.493 e. The van der Waals surface area contributed by atoms with Crippen LogP contribution in [0, 0.1) is 6.92 Å². The second-order valence-corrected chi connectivity index (χ2v) is 9.06. The largest absolute Gasteiger partial charge is 0.493 e. The molecule has 0 saturated heterocycles. The number of ether oxygens (including phenoxy) is 2. The first-order chi connectivity index (χ1) is 14.4. The van der Waals surface area contributed by atoms with E-state index in [1.165, 1.54) is 7.11 Å². The molecule has 1 aromatic heterocycles. The minimum absolute atomic E-state index is 0.137. The average molecular weight is 427 g/mol. The molecule has 0 bridgehead atoms. The molecule has 0 spiro atoms. The summed E-state index contributed by atoms with van der Waals surface area (Å²) in [4.78, 5) is 12.6. The zero-order valence-corrected chi connectivity index (χ0v) is 17.4. The maximum atomic E-state index is 12.6. The fraction of sp³-hybridized carbons (Fsp3) is 0.238. The van der Waals surface area contributed by atoms with Gasteiger partial charge < -0.3 is 14.8 Å². The number of carbonyl (C=O) groups excluding carboxylic acids is 1. The summed E-state index contributed by atoms with van der Waals surface area (Å²) in [5.41, 5.74) is 2.69. The number of aromatic nitrogens is 2. The van der Waals surface area contributed by atoms with Crippen molar-refractivity contribution in [2.24, 2.45) is 0 Å². The normalized spacial score (nSPS) is 14.2. The molecule has 9 heteroatoms. The topological polar surface area (TPSA) is 99.5 Å². The molecule has 1 aliphatic rings. The monoisotopic (exact) mass is 427 g/mol. The van der Waals surface area contributed by atoms with E-state index in [9.17, 15) is 13.2 Å². The molecule has 156 valence electrons. The molecule has 2 aromatic carbocycles. The number of hydrogen-bond acceptors (Lipinski definition) is 6. The summed E-state index contributed by atoms with van der Waals surface area (Å²) in [7, 11) is -1.75. The van der Waals surface area contributed by atoms with E-state index in [1.54, 1.807) is 28.9 Å². The Labute approximate surface area is 174 Å². The van der Waals surface area contributed by atoms with Crippen molar-refractivity contribution in [2.75, 3.05) is 19.0 Å². The predicted octanol–water partition coefficient (Wildman–Crippen LogP) is 2.64. The van der Waals surface area contributed by atoms with Crippen LogP contribution < -0.4 is 14.8 Å². The van der Waals surface area contributed by atoms with E-state index in [0.717, 1.165) is 11.3 Å². The maximum absolute atomic E-state index is 12.6. The quantitative estimate of drug-likeness (QED) is 0.649. The van der Waals surface area contributed by atoms with Crippen LogP contribution in [0.1, 0.15) is 16.8 Å². The zero-order valence-electron chi connectivity index (χ0n) is 16.6. The van der Waals surface area contributed by atoms with Gasteiger partial charge in [0.2, 0.25) is 0 Å². The molecule has 30 heavy (non-hydrogen) atoms. The Morgan fingerprint density at radius 2 is 1.80 bits per heavy atom. The Morgan fingerprint density at radius 3 is 2.53 bits per heavy atom. The molecule has 0 fully saturated rings. The lowest BCUT2D eigenvalue weighted by molar-refractivity contribution is -0.118. The fourth-order valence-corrected chi connectivity index (χ4v) is 4.89. The molecule has 2 heterocycles. The van der Waals surface area contributed by atoms with Crippen LogP contribution in [0.4, 0.5) is 5.82 Å². The molecule has 1 aliphatic heterocycles. The highest BCUT2D eigenvalue weighted by Gasteiger charge is 2.33. The summed E-state index contributed by atoms with van der Waals surface area (Å²) in [6.45, 7) is 1.66. The molecule has 0 radical (unpaired) electrons. The molecule has 3 aromatic rings. The summed E-state index contributed by atoms with van der Waals surface area (Å²) >= 11 is 0. The second kappa shape index (κ2) is 7.83. The highest BCUT2D eigenvalue weighted by Crippen LogP contribution is 2.33. The Morgan fingerprint density at radius 1 is 1.10 bits per heavy atom. The smallest absolute Gasteiger partial charge is 0.263 e. The van der Waals surface area contributed by atoms with Gasteiger partial charge in [0.15, 0.2) is 27.9 Å². The Hall–Kier alpha value is -3.33. The third kappa shape index (κ3) is 3.88. The van der Waals surface area contributed by atoms with E-state index in [4.69, 9.17) is 9.47 Å². The zero-order chi connectivity index (χ0) is 21.3. The third-order valence-corrected chi connectivity index (χ3v) is 6.26. The second-order valence-electron chi connectivity index (χ2n) is 6.99. The number of sulfone groups is 1. The SMILES string of the molecule is COc1ccccc1OCC(=O)Nc1c2c(nn1-c1ccccc1C)CS(=O)(=O)C2. The van der Waals surface area contributed by atoms with E-state index in [1.807, 2.05) is 31.2 Å². The predicted molar refractivity (Wildman–Crippen MR) is 112 cm³/mol. The number of rotatable bonds is 6. The lowest BCUT2D eigenvalue weighted by atomic mass is 10.2. The Balaban J connectivity index is 1.61. The van der Waals surface area contributed by atoms with Crippen molar-refractivity contribution in [2.45, 2.75) is 18.4 Å². The van der Waals surface area contributed by atoms with Gasteiger partial charge in [-0.2, -0.15) is 5.10 Å². The molecule has 0 saturated carbocycles. The number of hydrogen-bond donors (Lipinski definition) is 1. The number of methoxy groups -OCH3 is 1. The third-order valence-electron chi connectivity index (χ3n) is 4.82. The van der Waals surface area contributed by atoms with Crippen LogP contribution in [-0.4, -0.2) is 37.8 Å². The highest BCUT2D eigenvalue weighted by molar-refractivity contribution is 7.90. The number of para-hydroxylation sites is 3. The number of carbonyl (C=O) groups is 1. The van der Waals surface area contributed by atoms with Crippen molar-refractivity contribution in [1.82, 2.24) is 9.78 Å². The van der Waals surface area contributed by atoms with Gasteiger partial charge >= 0.3 is 0 Å². The summed E-state index contributed by atoms with van der Waals surface area (Å²) < 4.78 is 36.6. The van der Waals surface area contributed by atoms with Crippen LogP contribution in [0.5, 0.6) is 11.5 Å². The summed E-state index contributed by atoms with van der Waals surface area (Å²) in [6.07, 6.45) is 0. The first-order valence-corrected chi connectivity index (χ1v) is 11.1. The summed E-state index contributed by atoms with van der Waals surface area (Å²) in [5, 5.41) is 7.27. The molecule has 4 rings (SSSR count). The van der Waals surface area contributed by atoms with Crippen LogP contribution >= 0.6 is 0 Å². The molecule has 8 nitrogen and oxygen atoms in total. The van der Waals surface area contributed by atoms with E-state index in [0.29, 0.717) is 28.6 Å². The van der Waals surface area contributed by atoms with Gasteiger partial charge in [-0.3, -0.25) is 4.79 Å². The van der Waals surface area contributed by atoms with Gasteiger partial charge in [-0.05, 0) is 30.7 Å². The number of anilines is 1. The minimum atomic E-state index is -3.27. The number of aryl methyl sites for hydroxylation is 1. The van der Waals surface area contributed by atoms with E-state index >= 15 is 0 Å². The molecule has 1 N–H and O–H groups in total. The van der Waals surface area contributed by atoms with Crippen LogP contribution in [-0.2, 0) is 26.1 Å². The maximum Gasteiger partial charge on any atom is 0.263 e. The standard InChI is InChI=1S/C21H21N3O5S/c1-14-7-3-4-8-17(14)24-21(15-12-30(26,27)13-16(15)23-24)22-20(25)11-29-19-10-6-5-9-18(19)28-2/h3-10H,11-13H2,1-2H3,(H,22,25). The first-order valence-electron chi connectivity index (χ1n) is 9.31. The Kier molecular flexibility index (Phi) is 5.21. The molecular formula is C21H21N3O5S. The number of nitrogens with one attached hydrogen (secondary N) is 1. The van der Waals surface area contributed by atoms with Crippen LogP contribution in [0.15, 0.2) is 48.5 Å². The van der Waals surface area contributed by atoms with E-state index in [-0.39, 0.29) is 18.1 Å². The van der Waals surface area contributed by atoms with Crippen molar-refractivity contribution in [3.63, 3.8) is 0 Å². The highest BCUT2D eigenvalue weighted by atomic mass is 32.2. The van der Waals surface area contributed by atoms with Gasteiger partial charge in [0.1, 0.15) is 5.82 Å². The lowest BCUT2D eigenvalue weighted by Crippen LogP contribution is -2.23. The summed E-state index contributed by atoms with van der Waals surface area (Å²) in [6, 6.07) is 14.6. The molecule has 0 unspecified atom stereocenters. The van der Waals surface area contributed by atoms with E-state index in [2.05, 4.69) is 10.4 Å². The van der Waals surface area contributed by atoms with Crippen molar-refractivity contribution in [1.29, 1.82) is 0 Å². The van der Waals surface area contributed by atoms with Gasteiger partial charge in [-0.15, -0.1) is 0 Å².